The molecule has 8 nitrogen and oxygen atoms in total. The van der Waals surface area contributed by atoms with Crippen molar-refractivity contribution < 1.29 is 38.2 Å². The molecule has 0 aliphatic rings. The lowest BCUT2D eigenvalue weighted by Gasteiger charge is -2.33. The van der Waals surface area contributed by atoms with Crippen molar-refractivity contribution in [3.63, 3.8) is 0 Å². The summed E-state index contributed by atoms with van der Waals surface area (Å²) < 4.78 is 35.4. The predicted molar refractivity (Wildman–Crippen MR) is 139 cm³/mol. The molecule has 0 heterocycles. The maximum Gasteiger partial charge on any atom is 0.0952 e. The van der Waals surface area contributed by atoms with Crippen molar-refractivity contribution in [1.29, 1.82) is 0 Å². The van der Waals surface area contributed by atoms with Crippen molar-refractivity contribution in [3.8, 4) is 0 Å². The van der Waals surface area contributed by atoms with Gasteiger partial charge in [0.15, 0.2) is 0 Å². The molecule has 0 aromatic rings. The van der Waals surface area contributed by atoms with E-state index in [0.717, 1.165) is 0 Å². The Morgan fingerprint density at radius 1 is 0.371 bits per heavy atom. The molecule has 0 amide bonds. The van der Waals surface area contributed by atoms with Crippen molar-refractivity contribution in [2.45, 2.75) is 105 Å². The van der Waals surface area contributed by atoms with Gasteiger partial charge in [0.25, 0.3) is 0 Å². The van der Waals surface area contributed by atoms with E-state index in [4.69, 9.17) is 38.2 Å². The first-order valence-electron chi connectivity index (χ1n) is 12.8. The molecular weight excluding hydrogens is 452 g/mol. The van der Waals surface area contributed by atoms with Crippen molar-refractivity contribution in [1.82, 2.24) is 0 Å². The highest BCUT2D eigenvalue weighted by atomic mass is 17.2. The molecule has 0 rings (SSSR count). The van der Waals surface area contributed by atoms with E-state index in [0.29, 0.717) is 59.5 Å². The van der Waals surface area contributed by atoms with Crippen LogP contribution in [0.15, 0.2) is 0 Å². The Kier molecular flexibility index (Phi) is 15.7. The quantitative estimate of drug-likeness (QED) is 0.142. The Hall–Kier alpha value is -0.320. The number of rotatable bonds is 18. The van der Waals surface area contributed by atoms with Crippen LogP contribution in [0, 0.1) is 5.41 Å². The smallest absolute Gasteiger partial charge is 0.0952 e. The molecule has 0 aromatic heterocycles. The minimum atomic E-state index is -0.573. The van der Waals surface area contributed by atoms with Crippen molar-refractivity contribution in [2.75, 3.05) is 66.1 Å². The molecule has 0 bridgehead atoms. The van der Waals surface area contributed by atoms with Crippen LogP contribution in [-0.2, 0) is 38.2 Å². The van der Waals surface area contributed by atoms with Crippen LogP contribution in [0.25, 0.3) is 0 Å². The molecule has 8 heteroatoms. The summed E-state index contributed by atoms with van der Waals surface area (Å²) in [4.78, 5) is 11.2. The lowest BCUT2D eigenvalue weighted by atomic mass is 9.92. The van der Waals surface area contributed by atoms with Crippen LogP contribution >= 0.6 is 0 Å². The Bertz CT molecular complexity index is 463. The Balaban J connectivity index is 5.11. The molecule has 0 atom stereocenters. The number of hydrogen-bond donors (Lipinski definition) is 0. The molecule has 212 valence electrons. The largest absolute Gasteiger partial charge is 0.378 e. The highest BCUT2D eigenvalue weighted by Gasteiger charge is 2.34. The van der Waals surface area contributed by atoms with Gasteiger partial charge in [0.05, 0.1) is 93.9 Å². The second-order valence-corrected chi connectivity index (χ2v) is 13.0. The monoisotopic (exact) mass is 508 g/mol. The molecule has 0 fully saturated rings. The van der Waals surface area contributed by atoms with Crippen LogP contribution in [0.2, 0.25) is 0 Å². The SMILES string of the molecule is CC(C)(C)OCCOCC(COCCOC(C)(C)C)(COCCOC(C)(C)C)COOC(C)(C)C. The molecule has 0 aliphatic heterocycles. The summed E-state index contributed by atoms with van der Waals surface area (Å²) in [6, 6.07) is 0. The normalized spacial score (nSPS) is 14.1. The van der Waals surface area contributed by atoms with Crippen molar-refractivity contribution in [2.24, 2.45) is 5.41 Å². The van der Waals surface area contributed by atoms with Gasteiger partial charge in [0.2, 0.25) is 0 Å². The summed E-state index contributed by atoms with van der Waals surface area (Å²) in [6.07, 6.45) is 0. The van der Waals surface area contributed by atoms with Gasteiger partial charge in [-0.05, 0) is 83.1 Å². The third-order valence-electron chi connectivity index (χ3n) is 4.19. The lowest BCUT2D eigenvalue weighted by molar-refractivity contribution is -0.365. The van der Waals surface area contributed by atoms with Gasteiger partial charge in [0, 0.05) is 0 Å². The zero-order chi connectivity index (χ0) is 27.2. The van der Waals surface area contributed by atoms with Gasteiger partial charge in [-0.1, -0.05) is 0 Å². The van der Waals surface area contributed by atoms with E-state index in [9.17, 15) is 0 Å². The molecule has 0 saturated heterocycles. The molecule has 0 radical (unpaired) electrons. The topological polar surface area (TPSA) is 73.8 Å². The molecule has 0 aromatic carbocycles. The van der Waals surface area contributed by atoms with Gasteiger partial charge < -0.3 is 28.4 Å². The van der Waals surface area contributed by atoms with E-state index in [2.05, 4.69) is 0 Å². The van der Waals surface area contributed by atoms with Gasteiger partial charge >= 0.3 is 0 Å². The highest BCUT2D eigenvalue weighted by molar-refractivity contribution is 4.79. The maximum absolute atomic E-state index is 6.02. The molecule has 0 unspecified atom stereocenters. The molecule has 0 N–H and O–H groups in total. The van der Waals surface area contributed by atoms with Crippen molar-refractivity contribution >= 4 is 0 Å². The van der Waals surface area contributed by atoms with Crippen LogP contribution < -0.4 is 0 Å². The minimum Gasteiger partial charge on any atom is -0.378 e. The van der Waals surface area contributed by atoms with Crippen LogP contribution in [0.3, 0.4) is 0 Å². The van der Waals surface area contributed by atoms with Crippen molar-refractivity contribution in [3.05, 3.63) is 0 Å². The van der Waals surface area contributed by atoms with E-state index in [-0.39, 0.29) is 23.4 Å². The zero-order valence-electron chi connectivity index (χ0n) is 24.8. The molecule has 0 saturated carbocycles. The third kappa shape index (κ3) is 23.8. The minimum absolute atomic E-state index is 0.212. The van der Waals surface area contributed by atoms with Gasteiger partial charge in [-0.3, -0.25) is 0 Å². The fourth-order valence-electron chi connectivity index (χ4n) is 2.67. The van der Waals surface area contributed by atoms with E-state index >= 15 is 0 Å². The summed E-state index contributed by atoms with van der Waals surface area (Å²) in [5, 5.41) is 0. The van der Waals surface area contributed by atoms with Crippen LogP contribution in [-0.4, -0.2) is 88.5 Å². The summed E-state index contributed by atoms with van der Waals surface area (Å²) in [5.74, 6) is 0. The Morgan fingerprint density at radius 2 is 0.686 bits per heavy atom. The predicted octanol–water partition coefficient (Wildman–Crippen LogP) is 5.21. The first kappa shape index (κ1) is 34.7. The van der Waals surface area contributed by atoms with Crippen LogP contribution in [0.5, 0.6) is 0 Å². The number of ether oxygens (including phenoxy) is 6. The van der Waals surface area contributed by atoms with Gasteiger partial charge in [-0.2, -0.15) is 0 Å². The summed E-state index contributed by atoms with van der Waals surface area (Å²) in [5.41, 5.74) is -1.64. The Labute approximate surface area is 215 Å². The standard InChI is InChI=1S/C27H56O8/c1-23(2,3)31-16-13-28-19-27(22-34-35-26(10,11)12,20-29-14-17-32-24(4,5)6)21-30-15-18-33-25(7,8)9/h13-22H2,1-12H3. The molecule has 0 spiro atoms. The van der Waals surface area contributed by atoms with E-state index < -0.39 is 11.0 Å². The van der Waals surface area contributed by atoms with Crippen LogP contribution in [0.4, 0.5) is 0 Å². The van der Waals surface area contributed by atoms with E-state index in [1.54, 1.807) is 0 Å². The fourth-order valence-corrected chi connectivity index (χ4v) is 2.67. The fraction of sp³-hybridized carbons (Fsp3) is 1.00. The summed E-state index contributed by atoms with van der Waals surface area (Å²) in [6.45, 7) is 28.3. The van der Waals surface area contributed by atoms with Gasteiger partial charge in [-0.25, -0.2) is 9.78 Å². The number of hydrogen-bond acceptors (Lipinski definition) is 8. The van der Waals surface area contributed by atoms with E-state index in [1.165, 1.54) is 0 Å². The maximum atomic E-state index is 6.02. The third-order valence-corrected chi connectivity index (χ3v) is 4.19. The van der Waals surface area contributed by atoms with Gasteiger partial charge in [0.1, 0.15) is 0 Å². The second kappa shape index (κ2) is 15.8. The Morgan fingerprint density at radius 3 is 0.943 bits per heavy atom. The first-order chi connectivity index (χ1) is 15.8. The molecular formula is C27H56O8. The van der Waals surface area contributed by atoms with Crippen LogP contribution in [0.1, 0.15) is 83.1 Å². The molecule has 35 heavy (non-hydrogen) atoms. The molecule has 0 aliphatic carbocycles. The lowest BCUT2D eigenvalue weighted by Crippen LogP contribution is -2.43. The second-order valence-electron chi connectivity index (χ2n) is 13.0. The highest BCUT2D eigenvalue weighted by Crippen LogP contribution is 2.23. The average Bonchev–Trinajstić information content (AvgIpc) is 2.63. The van der Waals surface area contributed by atoms with E-state index in [1.807, 2.05) is 83.1 Å². The van der Waals surface area contributed by atoms with Gasteiger partial charge in [-0.15, -0.1) is 0 Å². The summed E-state index contributed by atoms with van der Waals surface area (Å²) in [7, 11) is 0. The zero-order valence-corrected chi connectivity index (χ0v) is 24.8. The summed E-state index contributed by atoms with van der Waals surface area (Å²) >= 11 is 0. The average molecular weight is 509 g/mol. The first-order valence-corrected chi connectivity index (χ1v) is 12.8.